The van der Waals surface area contributed by atoms with E-state index >= 15 is 0 Å². The van der Waals surface area contributed by atoms with Gasteiger partial charge in [0.2, 0.25) is 5.76 Å². The van der Waals surface area contributed by atoms with Crippen LogP contribution in [0.3, 0.4) is 0 Å². The van der Waals surface area contributed by atoms with Crippen LogP contribution in [0.15, 0.2) is 59.4 Å². The molecular weight excluding hydrogens is 859 g/mol. The van der Waals surface area contributed by atoms with Gasteiger partial charge >= 0.3 is 24.0 Å². The second-order valence-corrected chi connectivity index (χ2v) is 18.4. The number of hydrogen-bond donors (Lipinski definition) is 4. The molecule has 0 aromatic heterocycles. The van der Waals surface area contributed by atoms with Gasteiger partial charge in [-0.15, -0.1) is 0 Å². The number of hydrogen-bond acceptors (Lipinski definition) is 16. The van der Waals surface area contributed by atoms with Crippen molar-refractivity contribution < 1.29 is 77.1 Å². The largest absolute Gasteiger partial charge is 0.490 e. The van der Waals surface area contributed by atoms with Gasteiger partial charge in [-0.05, 0) is 46.1 Å². The molecule has 2 saturated heterocycles. The van der Waals surface area contributed by atoms with Crippen molar-refractivity contribution >= 4 is 24.0 Å². The van der Waals surface area contributed by atoms with Crippen molar-refractivity contribution in [1.29, 1.82) is 0 Å². The normalized spacial score (nSPS) is 39.7. The fraction of sp³-hybridized carbons (Fsp3) is 0.714. The highest BCUT2D eigenvalue weighted by molar-refractivity contribution is 5.87. The van der Waals surface area contributed by atoms with Gasteiger partial charge in [0, 0.05) is 63.4 Å². The molecule has 3 rings (SSSR count). The average Bonchev–Trinajstić information content (AvgIpc) is 3.23. The zero-order valence-corrected chi connectivity index (χ0v) is 41.2. The number of amides is 1. The summed E-state index contributed by atoms with van der Waals surface area (Å²) in [6.07, 6.45) is 1.45. The number of esters is 3. The SMILES string of the molecule is C/C=C/[C@H]1O[C@@](O)([C@@H](C)[C@H](O)[C@H](C)[C@H]2OC(=O)/C(OC)=C/C(C)=C/[C@@H](C)[C@@H](O)[C@@H](C)[C@@H](OC(C)=O)[C@H](C)C/C(C)=C/C=C/[C@@H]2OC)C[C@@H](O[C@@H]2C[C@H](OC(C)=O)[C@@H](OC(N)=O)[C@H](C)O2)[C@@H]1C. The number of methoxy groups -OCH3 is 2. The summed E-state index contributed by atoms with van der Waals surface area (Å²) < 4.78 is 53.2. The van der Waals surface area contributed by atoms with Crippen molar-refractivity contribution in [1.82, 2.24) is 0 Å². The molecule has 0 spiro atoms. The van der Waals surface area contributed by atoms with E-state index in [2.05, 4.69) is 0 Å². The van der Waals surface area contributed by atoms with E-state index in [4.69, 9.17) is 48.4 Å². The lowest BCUT2D eigenvalue weighted by Crippen LogP contribution is -2.59. The minimum absolute atomic E-state index is 0.0111. The Bertz CT molecular complexity index is 1790. The summed E-state index contributed by atoms with van der Waals surface area (Å²) in [5.74, 6) is -7.38. The summed E-state index contributed by atoms with van der Waals surface area (Å²) in [5.41, 5.74) is 6.82. The number of carbonyl (C=O) groups is 4. The molecule has 0 bridgehead atoms. The van der Waals surface area contributed by atoms with Crippen LogP contribution in [-0.2, 0) is 57.0 Å². The van der Waals surface area contributed by atoms with Gasteiger partial charge in [-0.2, -0.15) is 0 Å². The molecule has 3 heterocycles. The van der Waals surface area contributed by atoms with Gasteiger partial charge in [-0.1, -0.05) is 89.1 Å². The Balaban J connectivity index is 2.04. The van der Waals surface area contributed by atoms with E-state index < -0.39 is 121 Å². The summed E-state index contributed by atoms with van der Waals surface area (Å²) in [6.45, 7) is 20.6. The lowest BCUT2D eigenvalue weighted by atomic mass is 9.77. The zero-order chi connectivity index (χ0) is 49.8. The Morgan fingerprint density at radius 2 is 1.62 bits per heavy atom. The molecule has 18 atom stereocenters. The highest BCUT2D eigenvalue weighted by atomic mass is 16.7. The first-order chi connectivity index (χ1) is 30.9. The van der Waals surface area contributed by atoms with Crippen molar-refractivity contribution in [3.05, 3.63) is 59.4 Å². The molecule has 0 aromatic carbocycles. The van der Waals surface area contributed by atoms with Crippen molar-refractivity contribution in [3.63, 3.8) is 0 Å². The van der Waals surface area contributed by atoms with Crippen molar-refractivity contribution in [2.75, 3.05) is 14.2 Å². The smallest absolute Gasteiger partial charge is 0.404 e. The van der Waals surface area contributed by atoms with Crippen LogP contribution in [-0.4, -0.2) is 127 Å². The molecule has 5 N–H and O–H groups in total. The predicted octanol–water partition coefficient (Wildman–Crippen LogP) is 5.74. The Morgan fingerprint density at radius 1 is 0.970 bits per heavy atom. The first-order valence-electron chi connectivity index (χ1n) is 22.9. The molecule has 3 aliphatic heterocycles. The van der Waals surface area contributed by atoms with E-state index in [1.165, 1.54) is 34.1 Å². The number of carbonyl (C=O) groups excluding carboxylic acids is 4. The summed E-state index contributed by atoms with van der Waals surface area (Å²) >= 11 is 0. The summed E-state index contributed by atoms with van der Waals surface area (Å²) in [7, 11) is 2.78. The van der Waals surface area contributed by atoms with Gasteiger partial charge in [0.05, 0.1) is 37.6 Å². The Kier molecular flexibility index (Phi) is 21.6. The maximum absolute atomic E-state index is 14.0. The molecule has 0 aromatic rings. The minimum atomic E-state index is -2.01. The third-order valence-electron chi connectivity index (χ3n) is 13.0. The van der Waals surface area contributed by atoms with Crippen LogP contribution in [0.2, 0.25) is 0 Å². The van der Waals surface area contributed by atoms with E-state index in [0.717, 1.165) is 5.57 Å². The summed E-state index contributed by atoms with van der Waals surface area (Å²) in [4.78, 5) is 50.0. The molecule has 0 unspecified atom stereocenters. The topological polar surface area (TPSA) is 238 Å². The molecule has 2 fully saturated rings. The van der Waals surface area contributed by atoms with Gasteiger partial charge in [-0.3, -0.25) is 9.59 Å². The number of nitrogens with two attached hydrogens (primary N) is 1. The quantitative estimate of drug-likeness (QED) is 0.104. The number of aliphatic hydroxyl groups is 3. The van der Waals surface area contributed by atoms with Gasteiger partial charge in [0.25, 0.3) is 0 Å². The molecule has 3 aliphatic rings. The summed E-state index contributed by atoms with van der Waals surface area (Å²) in [6, 6.07) is 0. The van der Waals surface area contributed by atoms with Crippen LogP contribution in [0, 0.1) is 35.5 Å². The van der Waals surface area contributed by atoms with Crippen LogP contribution in [0.4, 0.5) is 4.79 Å². The first-order valence-corrected chi connectivity index (χ1v) is 22.9. The molecule has 374 valence electrons. The van der Waals surface area contributed by atoms with Gasteiger partial charge < -0.3 is 63.7 Å². The van der Waals surface area contributed by atoms with Gasteiger partial charge in [-0.25, -0.2) is 9.59 Å². The van der Waals surface area contributed by atoms with Crippen LogP contribution in [0.25, 0.3) is 0 Å². The first kappa shape index (κ1) is 56.2. The maximum Gasteiger partial charge on any atom is 0.404 e. The third kappa shape index (κ3) is 15.2. The molecule has 0 aliphatic carbocycles. The lowest BCUT2D eigenvalue weighted by Gasteiger charge is -2.50. The minimum Gasteiger partial charge on any atom is -0.490 e. The van der Waals surface area contributed by atoms with Crippen molar-refractivity contribution in [3.8, 4) is 0 Å². The van der Waals surface area contributed by atoms with Gasteiger partial charge in [0.1, 0.15) is 24.4 Å². The van der Waals surface area contributed by atoms with Crippen molar-refractivity contribution in [2.24, 2.45) is 41.2 Å². The Hall–Kier alpha value is -4.10. The fourth-order valence-electron chi connectivity index (χ4n) is 9.35. The molecule has 1 amide bonds. The fourth-order valence-corrected chi connectivity index (χ4v) is 9.35. The van der Waals surface area contributed by atoms with Crippen LogP contribution in [0.5, 0.6) is 0 Å². The molecule has 0 radical (unpaired) electrons. The number of primary amides is 1. The van der Waals surface area contributed by atoms with E-state index in [1.54, 1.807) is 58.1 Å². The van der Waals surface area contributed by atoms with Crippen LogP contribution >= 0.6 is 0 Å². The van der Waals surface area contributed by atoms with E-state index in [9.17, 15) is 34.5 Å². The number of rotatable bonds is 12. The molecule has 17 nitrogen and oxygen atoms in total. The van der Waals surface area contributed by atoms with Crippen LogP contribution < -0.4 is 5.73 Å². The van der Waals surface area contributed by atoms with Crippen LogP contribution in [0.1, 0.15) is 102 Å². The van der Waals surface area contributed by atoms with E-state index in [-0.39, 0.29) is 30.4 Å². The Labute approximate surface area is 390 Å². The van der Waals surface area contributed by atoms with Gasteiger partial charge in [0.15, 0.2) is 18.2 Å². The number of aliphatic hydroxyl groups excluding tert-OH is 2. The second kappa shape index (κ2) is 25.3. The average molecular weight is 936 g/mol. The Morgan fingerprint density at radius 3 is 2.20 bits per heavy atom. The number of allylic oxidation sites excluding steroid dienone is 6. The number of ether oxygens (including phenoxy) is 9. The molecular formula is C49H77NO16. The van der Waals surface area contributed by atoms with Crippen molar-refractivity contribution in [2.45, 2.75) is 175 Å². The van der Waals surface area contributed by atoms with E-state index in [0.29, 0.717) is 12.0 Å². The maximum atomic E-state index is 14.0. The highest BCUT2D eigenvalue weighted by Crippen LogP contribution is 2.42. The van der Waals surface area contributed by atoms with E-state index in [1.807, 2.05) is 47.6 Å². The zero-order valence-electron chi connectivity index (χ0n) is 41.2. The molecule has 66 heavy (non-hydrogen) atoms. The highest BCUT2D eigenvalue weighted by Gasteiger charge is 2.53. The monoisotopic (exact) mass is 936 g/mol. The second-order valence-electron chi connectivity index (χ2n) is 18.4. The summed E-state index contributed by atoms with van der Waals surface area (Å²) in [5, 5.41) is 36.2. The molecule has 17 heteroatoms. The lowest BCUT2D eigenvalue weighted by molar-refractivity contribution is -0.339. The standard InChI is InChI=1S/C49H77NO16/c1-15-17-36-29(6)40(63-41-23-38(61-34(11)51)46(33(10)60-41)65-48(50)56)24-49(57,66-36)32(9)43(54)31(8)45-37(58-13)19-16-18-25(2)20-28(5)44(62-35(12)52)30(7)42(53)27(4)21-26(3)22-39(59-14)47(55)64-45/h15-19,21-22,27-33,36-38,40-46,53-54,57H,20,23-24H2,1-14H3,(H2,50,56)/b17-15+,19-16+,25-18+,26-21+,39-22-/t27-,28-,29-,30-,31+,32+,33+,36-,37+,38+,40-,41-,42-,43-,44+,45-,46+,49-/m1/s1. The number of cyclic esters (lactones) is 1. The molecule has 0 saturated carbocycles. The third-order valence-corrected chi connectivity index (χ3v) is 13.0. The predicted molar refractivity (Wildman–Crippen MR) is 243 cm³/mol.